The predicted octanol–water partition coefficient (Wildman–Crippen LogP) is 6.29. The van der Waals surface area contributed by atoms with E-state index in [0.717, 1.165) is 39.9 Å². The quantitative estimate of drug-likeness (QED) is 0.379. The zero-order chi connectivity index (χ0) is 22.7. The first-order valence-electron chi connectivity index (χ1n) is 9.51. The van der Waals surface area contributed by atoms with Crippen LogP contribution >= 0.6 is 11.6 Å². The van der Waals surface area contributed by atoms with Crippen LogP contribution in [0.3, 0.4) is 0 Å². The molecule has 0 spiro atoms. The SMILES string of the molecule is O=C(NCc1cccc(-c2ccc3nccnc3c2)c1)Nc1ccc(Cl)c(C(F)(F)F)c1. The number of alkyl halides is 3. The fourth-order valence-corrected chi connectivity index (χ4v) is 3.41. The number of rotatable bonds is 4. The smallest absolute Gasteiger partial charge is 0.334 e. The van der Waals surface area contributed by atoms with Gasteiger partial charge in [0.15, 0.2) is 0 Å². The summed E-state index contributed by atoms with van der Waals surface area (Å²) in [6, 6.07) is 15.9. The summed E-state index contributed by atoms with van der Waals surface area (Å²) in [6.07, 6.45) is -1.35. The first-order valence-corrected chi connectivity index (χ1v) is 9.89. The van der Waals surface area contributed by atoms with Crippen LogP contribution in [0.4, 0.5) is 23.7 Å². The summed E-state index contributed by atoms with van der Waals surface area (Å²) in [7, 11) is 0. The highest BCUT2D eigenvalue weighted by Gasteiger charge is 2.33. The zero-order valence-electron chi connectivity index (χ0n) is 16.4. The molecule has 162 valence electrons. The summed E-state index contributed by atoms with van der Waals surface area (Å²) < 4.78 is 38.9. The maximum absolute atomic E-state index is 13.0. The van der Waals surface area contributed by atoms with Crippen molar-refractivity contribution in [3.05, 3.63) is 89.2 Å². The first-order chi connectivity index (χ1) is 15.3. The molecule has 0 radical (unpaired) electrons. The molecule has 0 saturated heterocycles. The molecule has 2 amide bonds. The van der Waals surface area contributed by atoms with Gasteiger partial charge in [-0.1, -0.05) is 35.9 Å². The topological polar surface area (TPSA) is 66.9 Å². The molecule has 0 aliphatic carbocycles. The van der Waals surface area contributed by atoms with Crippen LogP contribution in [0.25, 0.3) is 22.2 Å². The van der Waals surface area contributed by atoms with Crippen LogP contribution < -0.4 is 10.6 Å². The monoisotopic (exact) mass is 456 g/mol. The van der Waals surface area contributed by atoms with Gasteiger partial charge in [-0.05, 0) is 53.1 Å². The number of hydrogen-bond donors (Lipinski definition) is 2. The second-order valence-electron chi connectivity index (χ2n) is 6.96. The van der Waals surface area contributed by atoms with Crippen LogP contribution in [0.2, 0.25) is 5.02 Å². The molecule has 0 aliphatic rings. The highest BCUT2D eigenvalue weighted by molar-refractivity contribution is 6.31. The lowest BCUT2D eigenvalue weighted by Gasteiger charge is -2.12. The summed E-state index contributed by atoms with van der Waals surface area (Å²) in [6.45, 7) is 0.187. The molecule has 1 aromatic heterocycles. The van der Waals surface area contributed by atoms with Gasteiger partial charge in [-0.15, -0.1) is 0 Å². The van der Waals surface area contributed by atoms with E-state index in [2.05, 4.69) is 20.6 Å². The lowest BCUT2D eigenvalue weighted by atomic mass is 10.0. The van der Waals surface area contributed by atoms with Crippen LogP contribution in [0.15, 0.2) is 73.1 Å². The Morgan fingerprint density at radius 1 is 0.906 bits per heavy atom. The van der Waals surface area contributed by atoms with Gasteiger partial charge in [-0.25, -0.2) is 4.79 Å². The maximum atomic E-state index is 13.0. The Labute approximate surface area is 186 Å². The average molecular weight is 457 g/mol. The van der Waals surface area contributed by atoms with Crippen LogP contribution in [0, 0.1) is 0 Å². The number of anilines is 1. The Morgan fingerprint density at radius 2 is 1.66 bits per heavy atom. The lowest BCUT2D eigenvalue weighted by molar-refractivity contribution is -0.137. The van der Waals surface area contributed by atoms with E-state index in [0.29, 0.717) is 0 Å². The van der Waals surface area contributed by atoms with Crippen molar-refractivity contribution in [2.45, 2.75) is 12.7 Å². The normalized spacial score (nSPS) is 11.4. The molecule has 0 unspecified atom stereocenters. The Bertz CT molecular complexity index is 1290. The minimum atomic E-state index is -4.61. The minimum absolute atomic E-state index is 0.00903. The summed E-state index contributed by atoms with van der Waals surface area (Å²) in [5, 5.41) is 4.61. The molecular weight excluding hydrogens is 441 g/mol. The van der Waals surface area contributed by atoms with E-state index in [1.165, 1.54) is 6.07 Å². The summed E-state index contributed by atoms with van der Waals surface area (Å²) >= 11 is 5.60. The Kier molecular flexibility index (Phi) is 5.96. The van der Waals surface area contributed by atoms with Gasteiger partial charge >= 0.3 is 12.2 Å². The van der Waals surface area contributed by atoms with Gasteiger partial charge in [-0.2, -0.15) is 13.2 Å². The van der Waals surface area contributed by atoms with Crippen LogP contribution in [-0.4, -0.2) is 16.0 Å². The molecule has 0 bridgehead atoms. The predicted molar refractivity (Wildman–Crippen MR) is 117 cm³/mol. The number of nitrogens with zero attached hydrogens (tertiary/aromatic N) is 2. The molecular formula is C23H16ClF3N4O. The molecule has 0 aliphatic heterocycles. The third-order valence-corrected chi connectivity index (χ3v) is 5.04. The zero-order valence-corrected chi connectivity index (χ0v) is 17.2. The Morgan fingerprint density at radius 3 is 2.44 bits per heavy atom. The number of nitrogens with one attached hydrogen (secondary N) is 2. The number of hydrogen-bond acceptors (Lipinski definition) is 3. The third kappa shape index (κ3) is 4.97. The first kappa shape index (κ1) is 21.6. The molecule has 4 aromatic rings. The molecule has 1 heterocycles. The number of amides is 2. The van der Waals surface area contributed by atoms with E-state index < -0.39 is 22.8 Å². The maximum Gasteiger partial charge on any atom is 0.417 e. The Hall–Kier alpha value is -3.65. The number of halogens is 4. The number of fused-ring (bicyclic) bond motifs is 1. The number of carbonyl (C=O) groups excluding carboxylic acids is 1. The van der Waals surface area contributed by atoms with Crippen molar-refractivity contribution in [1.29, 1.82) is 0 Å². The molecule has 32 heavy (non-hydrogen) atoms. The second-order valence-corrected chi connectivity index (χ2v) is 7.37. The van der Waals surface area contributed by atoms with Crippen molar-refractivity contribution in [1.82, 2.24) is 15.3 Å². The lowest BCUT2D eigenvalue weighted by Crippen LogP contribution is -2.28. The average Bonchev–Trinajstić information content (AvgIpc) is 2.78. The molecule has 9 heteroatoms. The fourth-order valence-electron chi connectivity index (χ4n) is 3.18. The molecule has 3 aromatic carbocycles. The molecule has 0 fully saturated rings. The van der Waals surface area contributed by atoms with Crippen molar-refractivity contribution in [3.63, 3.8) is 0 Å². The molecule has 2 N–H and O–H groups in total. The van der Waals surface area contributed by atoms with Crippen molar-refractivity contribution in [2.75, 3.05) is 5.32 Å². The highest BCUT2D eigenvalue weighted by atomic mass is 35.5. The number of urea groups is 1. The number of benzene rings is 3. The third-order valence-electron chi connectivity index (χ3n) is 4.71. The number of carbonyl (C=O) groups is 1. The standard InChI is InChI=1S/C23H16ClF3N4O/c24-19-6-5-17(12-18(19)23(25,26)27)31-22(32)30-13-14-2-1-3-15(10-14)16-4-7-20-21(11-16)29-9-8-28-20/h1-12H,13H2,(H2,30,31,32). The van der Waals surface area contributed by atoms with Gasteiger partial charge in [0, 0.05) is 24.6 Å². The molecule has 0 saturated carbocycles. The second kappa shape index (κ2) is 8.84. The molecule has 0 atom stereocenters. The van der Waals surface area contributed by atoms with Gasteiger partial charge in [0.1, 0.15) is 0 Å². The summed E-state index contributed by atoms with van der Waals surface area (Å²) in [5.74, 6) is 0. The van der Waals surface area contributed by atoms with Crippen molar-refractivity contribution in [2.24, 2.45) is 0 Å². The van der Waals surface area contributed by atoms with E-state index in [9.17, 15) is 18.0 Å². The molecule has 4 rings (SSSR count). The van der Waals surface area contributed by atoms with Crippen molar-refractivity contribution >= 4 is 34.4 Å². The van der Waals surface area contributed by atoms with Crippen molar-refractivity contribution < 1.29 is 18.0 Å². The van der Waals surface area contributed by atoms with Gasteiger partial charge in [0.2, 0.25) is 0 Å². The van der Waals surface area contributed by atoms with Crippen molar-refractivity contribution in [3.8, 4) is 11.1 Å². The van der Waals surface area contributed by atoms with E-state index in [1.54, 1.807) is 12.4 Å². The van der Waals surface area contributed by atoms with E-state index in [-0.39, 0.29) is 12.2 Å². The van der Waals surface area contributed by atoms with Gasteiger partial charge in [0.05, 0.1) is 21.6 Å². The van der Waals surface area contributed by atoms with Gasteiger partial charge < -0.3 is 10.6 Å². The van der Waals surface area contributed by atoms with Crippen LogP contribution in [-0.2, 0) is 12.7 Å². The largest absolute Gasteiger partial charge is 0.417 e. The summed E-state index contributed by atoms with van der Waals surface area (Å²) in [5.41, 5.74) is 3.25. The van der Waals surface area contributed by atoms with E-state index >= 15 is 0 Å². The minimum Gasteiger partial charge on any atom is -0.334 e. The summed E-state index contributed by atoms with van der Waals surface area (Å²) in [4.78, 5) is 20.7. The van der Waals surface area contributed by atoms with Crippen LogP contribution in [0.5, 0.6) is 0 Å². The fraction of sp³-hybridized carbons (Fsp3) is 0.0870. The van der Waals surface area contributed by atoms with E-state index in [1.807, 2.05) is 42.5 Å². The van der Waals surface area contributed by atoms with Gasteiger partial charge in [0.25, 0.3) is 0 Å². The van der Waals surface area contributed by atoms with Crippen LogP contribution in [0.1, 0.15) is 11.1 Å². The van der Waals surface area contributed by atoms with Gasteiger partial charge in [-0.3, -0.25) is 9.97 Å². The molecule has 5 nitrogen and oxygen atoms in total. The number of aromatic nitrogens is 2. The van der Waals surface area contributed by atoms with E-state index in [4.69, 9.17) is 11.6 Å². The Balaban J connectivity index is 1.43. The highest BCUT2D eigenvalue weighted by Crippen LogP contribution is 2.36.